The summed E-state index contributed by atoms with van der Waals surface area (Å²) in [6, 6.07) is 6.12. The Morgan fingerprint density at radius 1 is 1.38 bits per heavy atom. The second-order valence-corrected chi connectivity index (χ2v) is 4.08. The molecule has 1 amide bonds. The van der Waals surface area contributed by atoms with E-state index < -0.39 is 23.1 Å². The Labute approximate surface area is 118 Å². The van der Waals surface area contributed by atoms with Crippen LogP contribution in [0.4, 0.5) is 9.18 Å². The van der Waals surface area contributed by atoms with E-state index in [1.54, 1.807) is 29.2 Å². The summed E-state index contributed by atoms with van der Waals surface area (Å²) in [5, 5.41) is 2.43. The molecule has 0 aliphatic carbocycles. The van der Waals surface area contributed by atoms with Crippen molar-refractivity contribution < 1.29 is 13.9 Å². The predicted octanol–water partition coefficient (Wildman–Crippen LogP) is 0.442. The molecule has 1 aromatic carbocycles. The van der Waals surface area contributed by atoms with Crippen molar-refractivity contribution in [1.82, 2.24) is 14.9 Å². The van der Waals surface area contributed by atoms with Gasteiger partial charge in [-0.05, 0) is 6.07 Å². The highest BCUT2D eigenvalue weighted by Gasteiger charge is 2.11. The van der Waals surface area contributed by atoms with Gasteiger partial charge in [0.2, 0.25) is 5.82 Å². The van der Waals surface area contributed by atoms with Crippen molar-refractivity contribution in [2.45, 2.75) is 6.54 Å². The molecule has 0 unspecified atom stereocenters. The third kappa shape index (κ3) is 3.16. The number of aromatic nitrogens is 2. The van der Waals surface area contributed by atoms with Crippen molar-refractivity contribution in [3.05, 3.63) is 62.7 Å². The molecule has 0 atom stereocenters. The summed E-state index contributed by atoms with van der Waals surface area (Å²) >= 11 is 0. The van der Waals surface area contributed by atoms with Crippen molar-refractivity contribution >= 4 is 6.03 Å². The molecule has 1 heterocycles. The van der Waals surface area contributed by atoms with Gasteiger partial charge in [0.25, 0.3) is 5.56 Å². The number of carbonyl (C=O) groups excluding carboxylic acids is 1. The molecule has 0 saturated heterocycles. The van der Waals surface area contributed by atoms with Crippen LogP contribution >= 0.6 is 0 Å². The molecule has 8 heteroatoms. The van der Waals surface area contributed by atoms with Gasteiger partial charge in [0.15, 0.2) is 0 Å². The van der Waals surface area contributed by atoms with Gasteiger partial charge in [0.05, 0.1) is 13.3 Å². The van der Waals surface area contributed by atoms with Crippen molar-refractivity contribution in [3.8, 4) is 5.75 Å². The number of H-pyrrole nitrogens is 1. The highest BCUT2D eigenvalue weighted by molar-refractivity contribution is 5.76. The molecule has 0 aliphatic rings. The molecule has 0 bridgehead atoms. The first-order valence-corrected chi connectivity index (χ1v) is 5.94. The van der Waals surface area contributed by atoms with Gasteiger partial charge in [-0.25, -0.2) is 14.2 Å². The van der Waals surface area contributed by atoms with Crippen LogP contribution in [0.1, 0.15) is 5.56 Å². The number of hydrogen-bond acceptors (Lipinski definition) is 4. The Morgan fingerprint density at radius 2 is 2.10 bits per heavy atom. The maximum absolute atomic E-state index is 13.1. The molecule has 0 aliphatic heterocycles. The number of benzene rings is 1. The van der Waals surface area contributed by atoms with Crippen molar-refractivity contribution in [1.29, 1.82) is 0 Å². The lowest BCUT2D eigenvalue weighted by atomic mass is 10.2. The Balaban J connectivity index is 2.18. The first-order valence-electron chi connectivity index (χ1n) is 5.94. The molecule has 0 radical (unpaired) electrons. The molecule has 2 N–H and O–H groups in total. The van der Waals surface area contributed by atoms with E-state index in [0.717, 1.165) is 0 Å². The first kappa shape index (κ1) is 14.5. The Bertz CT molecular complexity index is 781. The van der Waals surface area contributed by atoms with Crippen LogP contribution in [-0.2, 0) is 6.54 Å². The second kappa shape index (κ2) is 6.04. The number of para-hydroxylation sites is 1. The van der Waals surface area contributed by atoms with Crippen LogP contribution in [0.5, 0.6) is 5.75 Å². The fourth-order valence-electron chi connectivity index (χ4n) is 1.70. The van der Waals surface area contributed by atoms with E-state index in [4.69, 9.17) is 4.74 Å². The zero-order valence-corrected chi connectivity index (χ0v) is 11.1. The van der Waals surface area contributed by atoms with E-state index in [2.05, 4.69) is 5.32 Å². The molecular weight excluding hydrogens is 281 g/mol. The number of nitrogens with zero attached hydrogens (tertiary/aromatic N) is 1. The van der Waals surface area contributed by atoms with Crippen molar-refractivity contribution in [3.63, 3.8) is 0 Å². The topological polar surface area (TPSA) is 93.2 Å². The fraction of sp³-hybridized carbons (Fsp3) is 0.154. The number of nitrogens with one attached hydrogen (secondary N) is 2. The minimum atomic E-state index is -1.22. The summed E-state index contributed by atoms with van der Waals surface area (Å²) in [6.07, 6.45) is 0.540. The maximum atomic E-state index is 13.1. The van der Waals surface area contributed by atoms with Crippen LogP contribution in [0.15, 0.2) is 40.1 Å². The third-order valence-electron chi connectivity index (χ3n) is 2.74. The lowest BCUT2D eigenvalue weighted by Crippen LogP contribution is -2.40. The Kier molecular flexibility index (Phi) is 4.17. The largest absolute Gasteiger partial charge is 0.496 e. The number of carbonyl (C=O) groups is 1. The molecule has 2 rings (SSSR count). The van der Waals surface area contributed by atoms with Gasteiger partial charge in [-0.2, -0.15) is 4.39 Å². The lowest BCUT2D eigenvalue weighted by Gasteiger charge is -2.10. The van der Waals surface area contributed by atoms with Crippen LogP contribution in [0.2, 0.25) is 0 Å². The van der Waals surface area contributed by atoms with Gasteiger partial charge in [-0.1, -0.05) is 18.2 Å². The predicted molar refractivity (Wildman–Crippen MR) is 71.9 cm³/mol. The fourth-order valence-corrected chi connectivity index (χ4v) is 1.70. The molecule has 21 heavy (non-hydrogen) atoms. The monoisotopic (exact) mass is 293 g/mol. The van der Waals surface area contributed by atoms with Gasteiger partial charge in [0.1, 0.15) is 5.75 Å². The van der Waals surface area contributed by atoms with E-state index in [1.165, 1.54) is 7.11 Å². The molecule has 1 aromatic heterocycles. The van der Waals surface area contributed by atoms with Gasteiger partial charge in [-0.15, -0.1) is 0 Å². The molecule has 2 aromatic rings. The van der Waals surface area contributed by atoms with E-state index in [9.17, 15) is 18.8 Å². The standard InChI is InChI=1S/C13H12FN3O4/c1-21-10-5-3-2-4-8(10)6-15-12(19)17-7-9(14)11(18)16-13(17)20/h2-5,7H,6H2,1H3,(H,15,19)(H,16,18,20). The lowest BCUT2D eigenvalue weighted by molar-refractivity contribution is 0.240. The highest BCUT2D eigenvalue weighted by atomic mass is 19.1. The van der Waals surface area contributed by atoms with E-state index in [0.29, 0.717) is 22.1 Å². The average molecular weight is 293 g/mol. The summed E-state index contributed by atoms with van der Waals surface area (Å²) in [4.78, 5) is 35.8. The van der Waals surface area contributed by atoms with E-state index in [1.807, 2.05) is 0 Å². The molecule has 0 fully saturated rings. The Morgan fingerprint density at radius 3 is 2.81 bits per heavy atom. The number of hydrogen-bond donors (Lipinski definition) is 2. The SMILES string of the molecule is COc1ccccc1CNC(=O)n1cc(F)c(=O)[nH]c1=O. The zero-order chi connectivity index (χ0) is 15.4. The minimum absolute atomic E-state index is 0.0794. The molecule has 0 saturated carbocycles. The third-order valence-corrected chi connectivity index (χ3v) is 2.74. The van der Waals surface area contributed by atoms with Gasteiger partial charge < -0.3 is 10.1 Å². The number of amides is 1. The molecular formula is C13H12FN3O4. The minimum Gasteiger partial charge on any atom is -0.496 e. The van der Waals surface area contributed by atoms with Crippen molar-refractivity contribution in [2.24, 2.45) is 0 Å². The van der Waals surface area contributed by atoms with E-state index in [-0.39, 0.29) is 6.54 Å². The van der Waals surface area contributed by atoms with Gasteiger partial charge >= 0.3 is 11.7 Å². The summed E-state index contributed by atoms with van der Waals surface area (Å²) in [7, 11) is 1.49. The summed E-state index contributed by atoms with van der Waals surface area (Å²) in [5.41, 5.74) is -1.50. The molecule has 0 spiro atoms. The normalized spacial score (nSPS) is 10.2. The molecule has 110 valence electrons. The molecule has 7 nitrogen and oxygen atoms in total. The summed E-state index contributed by atoms with van der Waals surface area (Å²) in [5.74, 6) is -0.653. The van der Waals surface area contributed by atoms with Crippen LogP contribution in [0, 0.1) is 5.82 Å². The number of rotatable bonds is 3. The quantitative estimate of drug-likeness (QED) is 0.859. The first-order chi connectivity index (χ1) is 10.0. The van der Waals surface area contributed by atoms with Crippen molar-refractivity contribution in [2.75, 3.05) is 7.11 Å². The summed E-state index contributed by atoms with van der Waals surface area (Å²) in [6.45, 7) is 0.0794. The highest BCUT2D eigenvalue weighted by Crippen LogP contribution is 2.16. The number of ether oxygens (including phenoxy) is 1. The number of halogens is 1. The van der Waals surface area contributed by atoms with Crippen LogP contribution in [0.25, 0.3) is 0 Å². The second-order valence-electron chi connectivity index (χ2n) is 4.08. The zero-order valence-electron chi connectivity index (χ0n) is 11.1. The number of aromatic amines is 1. The Hall–Kier alpha value is -2.90. The smallest absolute Gasteiger partial charge is 0.336 e. The van der Waals surface area contributed by atoms with E-state index >= 15 is 0 Å². The maximum Gasteiger partial charge on any atom is 0.336 e. The average Bonchev–Trinajstić information content (AvgIpc) is 2.48. The summed E-state index contributed by atoms with van der Waals surface area (Å²) < 4.78 is 18.7. The van der Waals surface area contributed by atoms with Crippen LogP contribution < -0.4 is 21.3 Å². The number of methoxy groups -OCH3 is 1. The van der Waals surface area contributed by atoms with Gasteiger partial charge in [0, 0.05) is 12.1 Å². The van der Waals surface area contributed by atoms with Gasteiger partial charge in [-0.3, -0.25) is 9.78 Å². The van der Waals surface area contributed by atoms with Crippen LogP contribution in [-0.4, -0.2) is 22.7 Å². The van der Waals surface area contributed by atoms with Crippen LogP contribution in [0.3, 0.4) is 0 Å².